The lowest BCUT2D eigenvalue weighted by molar-refractivity contribution is 0.477. The second-order valence-electron chi connectivity index (χ2n) is 6.85. The Morgan fingerprint density at radius 3 is 2.59 bits per heavy atom. The number of halogens is 2. The molecule has 5 heteroatoms. The van der Waals surface area contributed by atoms with E-state index < -0.39 is 0 Å². The molecule has 0 spiro atoms. The highest BCUT2D eigenvalue weighted by Gasteiger charge is 2.31. The molecule has 5 rings (SSSR count). The number of hydrogen-bond donors (Lipinski definition) is 1. The minimum atomic E-state index is -0.229. The molecular weight excluding hydrogens is 361 g/mol. The SMILES string of the molecule is Fc1ccc([C@H]2C[C@H](c3cccc(Cl)c3)n3c(nc4ccccc43)N2)cc1. The zero-order valence-electron chi connectivity index (χ0n) is 14.4. The number of hydrogen-bond acceptors (Lipinski definition) is 2. The molecule has 0 saturated heterocycles. The molecule has 1 aliphatic rings. The first kappa shape index (κ1) is 16.3. The van der Waals surface area contributed by atoms with Crippen molar-refractivity contribution in [3.05, 3.63) is 94.8 Å². The third kappa shape index (κ3) is 2.86. The van der Waals surface area contributed by atoms with Gasteiger partial charge in [0, 0.05) is 5.02 Å². The Morgan fingerprint density at radius 2 is 1.78 bits per heavy atom. The smallest absolute Gasteiger partial charge is 0.204 e. The van der Waals surface area contributed by atoms with Gasteiger partial charge in [0.25, 0.3) is 0 Å². The molecule has 134 valence electrons. The maximum atomic E-state index is 13.4. The number of fused-ring (bicyclic) bond motifs is 3. The van der Waals surface area contributed by atoms with E-state index in [9.17, 15) is 4.39 Å². The summed E-state index contributed by atoms with van der Waals surface area (Å²) in [4.78, 5) is 4.79. The fourth-order valence-electron chi connectivity index (χ4n) is 3.92. The van der Waals surface area contributed by atoms with Crippen molar-refractivity contribution in [2.75, 3.05) is 5.32 Å². The van der Waals surface area contributed by atoms with Gasteiger partial charge in [-0.25, -0.2) is 9.37 Å². The lowest BCUT2D eigenvalue weighted by atomic mass is 9.93. The normalized spacial score (nSPS) is 18.9. The van der Waals surface area contributed by atoms with Crippen LogP contribution in [0.4, 0.5) is 10.3 Å². The molecule has 27 heavy (non-hydrogen) atoms. The summed E-state index contributed by atoms with van der Waals surface area (Å²) >= 11 is 6.27. The van der Waals surface area contributed by atoms with Crippen molar-refractivity contribution >= 4 is 28.6 Å². The highest BCUT2D eigenvalue weighted by Crippen LogP contribution is 2.41. The lowest BCUT2D eigenvalue weighted by Crippen LogP contribution is -2.27. The maximum Gasteiger partial charge on any atom is 0.204 e. The molecule has 0 fully saturated rings. The first-order valence-electron chi connectivity index (χ1n) is 8.93. The van der Waals surface area contributed by atoms with Crippen molar-refractivity contribution in [3.63, 3.8) is 0 Å². The first-order valence-corrected chi connectivity index (χ1v) is 9.31. The van der Waals surface area contributed by atoms with Gasteiger partial charge in [0.2, 0.25) is 5.95 Å². The Kier molecular flexibility index (Phi) is 3.87. The van der Waals surface area contributed by atoms with Crippen molar-refractivity contribution in [1.82, 2.24) is 9.55 Å². The van der Waals surface area contributed by atoms with Crippen LogP contribution in [0.15, 0.2) is 72.8 Å². The van der Waals surface area contributed by atoms with Gasteiger partial charge in [-0.15, -0.1) is 0 Å². The Bertz CT molecular complexity index is 1120. The Hall–Kier alpha value is -2.85. The van der Waals surface area contributed by atoms with Crippen molar-refractivity contribution in [1.29, 1.82) is 0 Å². The summed E-state index contributed by atoms with van der Waals surface area (Å²) in [6.45, 7) is 0. The Labute approximate surface area is 161 Å². The average Bonchev–Trinajstić information content (AvgIpc) is 3.06. The molecule has 1 aliphatic heterocycles. The molecular formula is C22H17ClFN3. The highest BCUT2D eigenvalue weighted by atomic mass is 35.5. The molecule has 1 aromatic heterocycles. The number of imidazole rings is 1. The molecule has 3 nitrogen and oxygen atoms in total. The van der Waals surface area contributed by atoms with Gasteiger partial charge in [-0.2, -0.15) is 0 Å². The minimum absolute atomic E-state index is 0.0406. The van der Waals surface area contributed by atoms with Gasteiger partial charge in [-0.05, 0) is 53.9 Å². The quantitative estimate of drug-likeness (QED) is 0.466. The van der Waals surface area contributed by atoms with E-state index in [2.05, 4.69) is 22.0 Å². The molecule has 0 amide bonds. The van der Waals surface area contributed by atoms with Crippen LogP contribution in [0.3, 0.4) is 0 Å². The Balaban J connectivity index is 1.67. The van der Waals surface area contributed by atoms with Crippen molar-refractivity contribution < 1.29 is 4.39 Å². The second-order valence-corrected chi connectivity index (χ2v) is 7.29. The van der Waals surface area contributed by atoms with Crippen LogP contribution >= 0.6 is 11.6 Å². The van der Waals surface area contributed by atoms with Gasteiger partial charge >= 0.3 is 0 Å². The van der Waals surface area contributed by atoms with E-state index >= 15 is 0 Å². The predicted molar refractivity (Wildman–Crippen MR) is 107 cm³/mol. The number of anilines is 1. The predicted octanol–water partition coefficient (Wildman–Crippen LogP) is 5.98. The summed E-state index contributed by atoms with van der Waals surface area (Å²) in [5.74, 6) is 0.593. The van der Waals surface area contributed by atoms with Gasteiger partial charge in [0.05, 0.1) is 23.1 Å². The summed E-state index contributed by atoms with van der Waals surface area (Å²) in [7, 11) is 0. The number of rotatable bonds is 2. The van der Waals surface area contributed by atoms with Crippen LogP contribution in [0.5, 0.6) is 0 Å². The number of benzene rings is 3. The van der Waals surface area contributed by atoms with Gasteiger partial charge in [0.1, 0.15) is 5.82 Å². The third-order valence-corrected chi connectivity index (χ3v) is 5.41. The fraction of sp³-hybridized carbons (Fsp3) is 0.136. The average molecular weight is 378 g/mol. The second kappa shape index (κ2) is 6.39. The van der Waals surface area contributed by atoms with Gasteiger partial charge < -0.3 is 9.88 Å². The highest BCUT2D eigenvalue weighted by molar-refractivity contribution is 6.30. The summed E-state index contributed by atoms with van der Waals surface area (Å²) in [5, 5.41) is 4.25. The van der Waals surface area contributed by atoms with Crippen LogP contribution in [-0.2, 0) is 0 Å². The van der Waals surface area contributed by atoms with E-state index in [-0.39, 0.29) is 17.9 Å². The molecule has 2 atom stereocenters. The van der Waals surface area contributed by atoms with Crippen LogP contribution in [0.1, 0.15) is 29.6 Å². The van der Waals surface area contributed by atoms with E-state index in [0.29, 0.717) is 0 Å². The number of nitrogens with zero attached hydrogens (tertiary/aromatic N) is 2. The van der Waals surface area contributed by atoms with Crippen LogP contribution in [0.2, 0.25) is 5.02 Å². The molecule has 2 heterocycles. The van der Waals surface area contributed by atoms with Crippen molar-refractivity contribution in [3.8, 4) is 0 Å². The minimum Gasteiger partial charge on any atom is -0.349 e. The Morgan fingerprint density at radius 1 is 0.963 bits per heavy atom. The third-order valence-electron chi connectivity index (χ3n) is 5.18. The van der Waals surface area contributed by atoms with Crippen LogP contribution < -0.4 is 5.32 Å². The lowest BCUT2D eigenvalue weighted by Gasteiger charge is -2.33. The zero-order valence-corrected chi connectivity index (χ0v) is 15.2. The van der Waals surface area contributed by atoms with Gasteiger partial charge in [0.15, 0.2) is 0 Å². The number of para-hydroxylation sites is 2. The van der Waals surface area contributed by atoms with Crippen molar-refractivity contribution in [2.24, 2.45) is 0 Å². The molecule has 0 radical (unpaired) electrons. The number of aromatic nitrogens is 2. The van der Waals surface area contributed by atoms with E-state index in [1.807, 2.05) is 48.5 Å². The summed E-state index contributed by atoms with van der Waals surface area (Å²) in [6, 6.07) is 22.9. The maximum absolute atomic E-state index is 13.4. The van der Waals surface area contributed by atoms with Gasteiger partial charge in [-0.3, -0.25) is 0 Å². The first-order chi connectivity index (χ1) is 13.2. The summed E-state index contributed by atoms with van der Waals surface area (Å²) < 4.78 is 15.6. The fourth-order valence-corrected chi connectivity index (χ4v) is 4.12. The zero-order chi connectivity index (χ0) is 18.4. The van der Waals surface area contributed by atoms with Crippen LogP contribution in [0, 0.1) is 5.82 Å². The molecule has 0 unspecified atom stereocenters. The molecule has 3 aromatic carbocycles. The van der Waals surface area contributed by atoms with E-state index in [0.717, 1.165) is 39.6 Å². The van der Waals surface area contributed by atoms with Crippen molar-refractivity contribution in [2.45, 2.75) is 18.5 Å². The molecule has 1 N–H and O–H groups in total. The molecule has 0 saturated carbocycles. The number of nitrogens with one attached hydrogen (secondary N) is 1. The van der Waals surface area contributed by atoms with E-state index in [1.54, 1.807) is 0 Å². The molecule has 0 aliphatic carbocycles. The van der Waals surface area contributed by atoms with E-state index in [1.165, 1.54) is 12.1 Å². The molecule has 0 bridgehead atoms. The monoisotopic (exact) mass is 377 g/mol. The summed E-state index contributed by atoms with van der Waals surface area (Å²) in [6.07, 6.45) is 0.819. The topological polar surface area (TPSA) is 29.9 Å². The standard InChI is InChI=1S/C22H17ClFN3/c23-16-5-3-4-15(12-16)21-13-19(14-8-10-17(24)11-9-14)26-22-25-18-6-1-2-7-20(18)27(21)22/h1-12,19,21H,13H2,(H,25,26)/t19-,21-/m1/s1. The van der Waals surface area contributed by atoms with E-state index in [4.69, 9.17) is 16.6 Å². The largest absolute Gasteiger partial charge is 0.349 e. The van der Waals surface area contributed by atoms with Gasteiger partial charge in [-0.1, -0.05) is 48.0 Å². The summed E-state index contributed by atoms with van der Waals surface area (Å²) in [5.41, 5.74) is 4.22. The van der Waals surface area contributed by atoms with Crippen LogP contribution in [-0.4, -0.2) is 9.55 Å². The van der Waals surface area contributed by atoms with Crippen LogP contribution in [0.25, 0.3) is 11.0 Å². The molecule has 4 aromatic rings.